The molecule has 0 aliphatic carbocycles. The molecule has 0 radical (unpaired) electrons. The SMILES string of the molecule is O=c1nc(-c2cc(Cl)ccc2O)oc2cccc(Cl)c12. The highest BCUT2D eigenvalue weighted by atomic mass is 35.5. The van der Waals surface area contributed by atoms with Crippen LogP contribution in [0.15, 0.2) is 45.6 Å². The summed E-state index contributed by atoms with van der Waals surface area (Å²) in [6.07, 6.45) is 0. The van der Waals surface area contributed by atoms with Gasteiger partial charge >= 0.3 is 0 Å². The minimum atomic E-state index is -0.522. The van der Waals surface area contributed by atoms with Crippen molar-refractivity contribution in [1.29, 1.82) is 0 Å². The highest BCUT2D eigenvalue weighted by Gasteiger charge is 2.14. The Morgan fingerprint density at radius 1 is 1.15 bits per heavy atom. The standard InChI is InChI=1S/C14H7Cl2NO3/c15-7-4-5-10(18)8(6-7)14-17-13(19)12-9(16)2-1-3-11(12)20-14/h1-6,18H. The number of rotatable bonds is 1. The van der Waals surface area contributed by atoms with Crippen LogP contribution in [0.4, 0.5) is 0 Å². The highest BCUT2D eigenvalue weighted by molar-refractivity contribution is 6.35. The zero-order valence-electron chi connectivity index (χ0n) is 9.93. The number of aromatic hydroxyl groups is 1. The maximum atomic E-state index is 12.0. The third-order valence-electron chi connectivity index (χ3n) is 2.79. The number of phenols is 1. The summed E-state index contributed by atoms with van der Waals surface area (Å²) in [4.78, 5) is 15.8. The summed E-state index contributed by atoms with van der Waals surface area (Å²) >= 11 is 11.8. The Morgan fingerprint density at radius 3 is 2.75 bits per heavy atom. The van der Waals surface area contributed by atoms with Crippen LogP contribution in [-0.4, -0.2) is 10.1 Å². The van der Waals surface area contributed by atoms with Crippen LogP contribution in [0, 0.1) is 0 Å². The molecule has 0 aliphatic heterocycles. The second-order valence-corrected chi connectivity index (χ2v) is 4.94. The quantitative estimate of drug-likeness (QED) is 0.741. The number of phenolic OH excluding ortho intramolecular Hbond substituents is 1. The predicted molar refractivity (Wildman–Crippen MR) is 77.4 cm³/mol. The van der Waals surface area contributed by atoms with Gasteiger partial charge in [0.25, 0.3) is 5.56 Å². The van der Waals surface area contributed by atoms with Crippen molar-refractivity contribution in [2.24, 2.45) is 0 Å². The zero-order chi connectivity index (χ0) is 14.3. The first-order valence-electron chi connectivity index (χ1n) is 5.64. The molecule has 0 aliphatic rings. The molecule has 0 saturated carbocycles. The molecule has 0 bridgehead atoms. The van der Waals surface area contributed by atoms with Gasteiger partial charge in [0, 0.05) is 5.02 Å². The second kappa shape index (κ2) is 4.81. The summed E-state index contributed by atoms with van der Waals surface area (Å²) in [5.74, 6) is -0.0869. The number of hydrogen-bond donors (Lipinski definition) is 1. The Bertz CT molecular complexity index is 874. The number of benzene rings is 2. The molecule has 1 N–H and O–H groups in total. The monoisotopic (exact) mass is 307 g/mol. The maximum absolute atomic E-state index is 12.0. The van der Waals surface area contributed by atoms with E-state index in [1.165, 1.54) is 18.2 Å². The van der Waals surface area contributed by atoms with Crippen molar-refractivity contribution in [3.8, 4) is 17.2 Å². The molecule has 20 heavy (non-hydrogen) atoms. The summed E-state index contributed by atoms with van der Waals surface area (Å²) < 4.78 is 5.53. The van der Waals surface area contributed by atoms with Crippen molar-refractivity contribution in [1.82, 2.24) is 4.98 Å². The number of halogens is 2. The third kappa shape index (κ3) is 2.13. The average molecular weight is 308 g/mol. The van der Waals surface area contributed by atoms with Gasteiger partial charge in [-0.15, -0.1) is 0 Å². The van der Waals surface area contributed by atoms with E-state index in [0.29, 0.717) is 10.6 Å². The van der Waals surface area contributed by atoms with Gasteiger partial charge in [-0.25, -0.2) is 0 Å². The van der Waals surface area contributed by atoms with Crippen molar-refractivity contribution in [3.05, 3.63) is 56.8 Å². The predicted octanol–water partition coefficient (Wildman–Crippen LogP) is 3.87. The molecular formula is C14H7Cl2NO3. The topological polar surface area (TPSA) is 63.3 Å². The van der Waals surface area contributed by atoms with Crippen LogP contribution >= 0.6 is 23.2 Å². The Kier molecular flexibility index (Phi) is 3.12. The first-order chi connectivity index (χ1) is 9.56. The Balaban J connectivity index is 2.34. The normalized spacial score (nSPS) is 10.9. The maximum Gasteiger partial charge on any atom is 0.285 e. The molecule has 3 rings (SSSR count). The lowest BCUT2D eigenvalue weighted by Crippen LogP contribution is -2.07. The van der Waals surface area contributed by atoms with Crippen molar-refractivity contribution in [3.63, 3.8) is 0 Å². The fraction of sp³-hybridized carbons (Fsp3) is 0. The molecule has 0 spiro atoms. The van der Waals surface area contributed by atoms with E-state index < -0.39 is 5.56 Å². The smallest absolute Gasteiger partial charge is 0.285 e. The van der Waals surface area contributed by atoms with Gasteiger partial charge in [-0.1, -0.05) is 29.3 Å². The Labute approximate surface area is 123 Å². The van der Waals surface area contributed by atoms with E-state index >= 15 is 0 Å². The molecule has 0 fully saturated rings. The molecule has 6 heteroatoms. The minimum absolute atomic E-state index is 0.00948. The summed E-state index contributed by atoms with van der Waals surface area (Å²) in [6, 6.07) is 9.25. The number of aromatic nitrogens is 1. The molecule has 3 aromatic rings. The van der Waals surface area contributed by atoms with E-state index in [2.05, 4.69) is 4.98 Å². The molecule has 0 unspecified atom stereocenters. The van der Waals surface area contributed by atoms with Crippen LogP contribution in [-0.2, 0) is 0 Å². The lowest BCUT2D eigenvalue weighted by Gasteiger charge is -2.05. The van der Waals surface area contributed by atoms with Gasteiger partial charge in [-0.05, 0) is 30.3 Å². The average Bonchev–Trinajstić information content (AvgIpc) is 2.41. The van der Waals surface area contributed by atoms with E-state index in [1.807, 2.05) is 0 Å². The molecule has 2 aromatic carbocycles. The van der Waals surface area contributed by atoms with Crippen LogP contribution in [0.3, 0.4) is 0 Å². The molecule has 0 atom stereocenters. The summed E-state index contributed by atoms with van der Waals surface area (Å²) in [5.41, 5.74) is 0.0228. The Morgan fingerprint density at radius 2 is 1.95 bits per heavy atom. The summed E-state index contributed by atoms with van der Waals surface area (Å²) in [7, 11) is 0. The third-order valence-corrected chi connectivity index (χ3v) is 3.34. The lowest BCUT2D eigenvalue weighted by atomic mass is 10.2. The van der Waals surface area contributed by atoms with E-state index in [9.17, 15) is 9.90 Å². The van der Waals surface area contributed by atoms with Crippen LogP contribution in [0.1, 0.15) is 0 Å². The largest absolute Gasteiger partial charge is 0.507 e. The van der Waals surface area contributed by atoms with E-state index in [-0.39, 0.29) is 27.6 Å². The van der Waals surface area contributed by atoms with Crippen LogP contribution in [0.5, 0.6) is 5.75 Å². The molecule has 0 amide bonds. The number of fused-ring (bicyclic) bond motifs is 1. The van der Waals surface area contributed by atoms with Gasteiger partial charge in [0.15, 0.2) is 0 Å². The van der Waals surface area contributed by atoms with Crippen LogP contribution in [0.25, 0.3) is 22.4 Å². The molecular weight excluding hydrogens is 301 g/mol. The van der Waals surface area contributed by atoms with Crippen molar-refractivity contribution < 1.29 is 9.52 Å². The molecule has 0 saturated heterocycles. The van der Waals surface area contributed by atoms with Gasteiger partial charge in [0.2, 0.25) is 5.89 Å². The fourth-order valence-electron chi connectivity index (χ4n) is 1.87. The zero-order valence-corrected chi connectivity index (χ0v) is 11.4. The van der Waals surface area contributed by atoms with Crippen LogP contribution in [0.2, 0.25) is 10.0 Å². The van der Waals surface area contributed by atoms with Crippen molar-refractivity contribution in [2.75, 3.05) is 0 Å². The van der Waals surface area contributed by atoms with E-state index in [4.69, 9.17) is 27.6 Å². The van der Waals surface area contributed by atoms with E-state index in [1.54, 1.807) is 18.2 Å². The van der Waals surface area contributed by atoms with Gasteiger partial charge in [0.1, 0.15) is 16.7 Å². The number of hydrogen-bond acceptors (Lipinski definition) is 4. The highest BCUT2D eigenvalue weighted by Crippen LogP contribution is 2.31. The van der Waals surface area contributed by atoms with E-state index in [0.717, 1.165) is 0 Å². The fourth-order valence-corrected chi connectivity index (χ4v) is 2.29. The molecule has 100 valence electrons. The first kappa shape index (κ1) is 13.0. The summed E-state index contributed by atoms with van der Waals surface area (Å²) in [6.45, 7) is 0. The molecule has 4 nitrogen and oxygen atoms in total. The number of nitrogens with zero attached hydrogens (tertiary/aromatic N) is 1. The minimum Gasteiger partial charge on any atom is -0.507 e. The van der Waals surface area contributed by atoms with Gasteiger partial charge < -0.3 is 9.52 Å². The van der Waals surface area contributed by atoms with Crippen molar-refractivity contribution >= 4 is 34.2 Å². The van der Waals surface area contributed by atoms with Gasteiger partial charge in [-0.2, -0.15) is 4.98 Å². The second-order valence-electron chi connectivity index (χ2n) is 4.10. The van der Waals surface area contributed by atoms with Gasteiger partial charge in [-0.3, -0.25) is 4.79 Å². The molecule has 1 aromatic heterocycles. The lowest BCUT2D eigenvalue weighted by molar-refractivity contribution is 0.473. The van der Waals surface area contributed by atoms with Crippen LogP contribution < -0.4 is 5.56 Å². The van der Waals surface area contributed by atoms with Gasteiger partial charge in [0.05, 0.1) is 10.6 Å². The van der Waals surface area contributed by atoms with Crippen molar-refractivity contribution in [2.45, 2.75) is 0 Å². The first-order valence-corrected chi connectivity index (χ1v) is 6.40. The summed E-state index contributed by atoms with van der Waals surface area (Å²) in [5, 5.41) is 10.7. The Hall–Kier alpha value is -2.04. The molecule has 1 heterocycles.